The molecule has 0 aliphatic carbocycles. The fourth-order valence-corrected chi connectivity index (χ4v) is 15.2. The van der Waals surface area contributed by atoms with Gasteiger partial charge in [0.25, 0.3) is 0 Å². The van der Waals surface area contributed by atoms with E-state index in [0.717, 1.165) is 87.1 Å². The van der Waals surface area contributed by atoms with Gasteiger partial charge < -0.3 is 0 Å². The zero-order valence-corrected chi connectivity index (χ0v) is 54.5. The minimum absolute atomic E-state index is 0.00195. The summed E-state index contributed by atoms with van der Waals surface area (Å²) in [4.78, 5) is 0. The largest absolute Gasteiger partial charge is 0.0629 e. The lowest BCUT2D eigenvalue weighted by Crippen LogP contribution is -1.91. The maximum atomic E-state index is 9.08. The van der Waals surface area contributed by atoms with Gasteiger partial charge in [0.15, 0.2) is 0 Å². The minimum atomic E-state index is -0.533. The topological polar surface area (TPSA) is 0 Å². The van der Waals surface area contributed by atoms with Crippen LogP contribution in [-0.4, -0.2) is 0 Å². The van der Waals surface area contributed by atoms with Gasteiger partial charge in [-0.05, 0) is 214 Å². The molecule has 0 aliphatic heterocycles. The van der Waals surface area contributed by atoms with Crippen LogP contribution in [0.5, 0.6) is 0 Å². The van der Waals surface area contributed by atoms with Gasteiger partial charge in [0.1, 0.15) is 0 Å². The molecule has 0 atom stereocenters. The number of benzene rings is 21. The third-order valence-electron chi connectivity index (χ3n) is 19.7. The van der Waals surface area contributed by atoms with E-state index >= 15 is 0 Å². The van der Waals surface area contributed by atoms with Crippen LogP contribution in [0.1, 0.15) is 28.8 Å². The average Bonchev–Trinajstić information content (AvgIpc) is 0.707. The number of fused-ring (bicyclic) bond motifs is 15. The van der Waals surface area contributed by atoms with Gasteiger partial charge in [0, 0.05) is 0 Å². The molecule has 0 bridgehead atoms. The van der Waals surface area contributed by atoms with Crippen molar-refractivity contribution in [2.75, 3.05) is 0 Å². The van der Waals surface area contributed by atoms with E-state index in [2.05, 4.69) is 97.1 Å². The molecule has 0 heterocycles. The average molecular weight is 1310 g/mol. The second-order valence-electron chi connectivity index (χ2n) is 25.2. The lowest BCUT2D eigenvalue weighted by molar-refractivity contribution is 1.66. The molecule has 0 aliphatic rings. The van der Waals surface area contributed by atoms with Crippen molar-refractivity contribution in [2.24, 2.45) is 0 Å². The van der Waals surface area contributed by atoms with Crippen molar-refractivity contribution in [3.05, 3.63) is 400 Å². The second kappa shape index (κ2) is 25.5. The van der Waals surface area contributed by atoms with Gasteiger partial charge in [0.2, 0.25) is 0 Å². The van der Waals surface area contributed by atoms with Crippen LogP contribution in [0.25, 0.3) is 196 Å². The molecule has 0 nitrogen and oxygen atoms in total. The molecule has 0 fully saturated rings. The van der Waals surface area contributed by atoms with E-state index in [4.69, 9.17) is 28.8 Å². The molecule has 0 unspecified atom stereocenters. The van der Waals surface area contributed by atoms with Gasteiger partial charge in [-0.1, -0.05) is 382 Å². The summed E-state index contributed by atoms with van der Waals surface area (Å²) >= 11 is 0. The smallest absolute Gasteiger partial charge is 0.0622 e. The Kier molecular flexibility index (Phi) is 10.5. The molecule has 21 aromatic rings. The molecule has 0 heteroatoms. The zero-order valence-electron chi connectivity index (χ0n) is 75.5. The monoisotopic (exact) mass is 1310 g/mol. The van der Waals surface area contributed by atoms with Crippen LogP contribution in [0.15, 0.2) is 400 Å². The van der Waals surface area contributed by atoms with Crippen molar-refractivity contribution in [2.45, 2.75) is 0 Å². The summed E-state index contributed by atoms with van der Waals surface area (Å²) in [7, 11) is 0. The molecular formula is C102H66. The molecule has 474 valence electrons. The predicted octanol–water partition coefficient (Wildman–Crippen LogP) is 28.9. The highest BCUT2D eigenvalue weighted by Crippen LogP contribution is 2.49. The summed E-state index contributed by atoms with van der Waals surface area (Å²) in [5, 5.41) is 17.9. The normalized spacial score (nSPS) is 14.4. The third-order valence-corrected chi connectivity index (χ3v) is 19.7. The number of hydrogen-bond donors (Lipinski definition) is 0. The maximum Gasteiger partial charge on any atom is 0.0629 e. The van der Waals surface area contributed by atoms with Gasteiger partial charge in [-0.3, -0.25) is 0 Å². The van der Waals surface area contributed by atoms with E-state index < -0.39 is 42.3 Å². The molecule has 0 amide bonds. The number of rotatable bonds is 6. The highest BCUT2D eigenvalue weighted by molar-refractivity contribution is 6.26. The van der Waals surface area contributed by atoms with Crippen LogP contribution >= 0.6 is 0 Å². The third kappa shape index (κ3) is 10.4. The molecule has 0 spiro atoms. The SMILES string of the molecule is [2H]c1c([2H])c([2H])c(-c2c3ccccc3c(-c3ccc4ccc5ccccc5c4c3)c3c([2H])c([2H])c([2H])c([2H])c23)c([2H])c1[2H].[2H]c1c([2H])c([2H])c2c(ccc3ccc(-c4c5ccccc5c(-c5ccccc5)c5c([2H])c([2H])c([2H])c([2H])c45)cc32)c1[2H].[2H]c1c([2H])c([2H])c2c(ccc3ccc(-c4c5ccccc5c(-c5ccccc5)c5ccccc45)cc32)c1[2H]. The summed E-state index contributed by atoms with van der Waals surface area (Å²) in [5.74, 6) is 0. The molecule has 21 aromatic carbocycles. The quantitative estimate of drug-likeness (QED) is 0.115. The lowest BCUT2D eigenvalue weighted by Gasteiger charge is -2.18. The van der Waals surface area contributed by atoms with E-state index in [1.807, 2.05) is 152 Å². The summed E-state index contributed by atoms with van der Waals surface area (Å²) in [5.41, 5.74) is 8.84. The molecule has 21 rings (SSSR count). The number of hydrogen-bond acceptors (Lipinski definition) is 0. The lowest BCUT2D eigenvalue weighted by atomic mass is 9.85. The first-order valence-corrected chi connectivity index (χ1v) is 33.7. The van der Waals surface area contributed by atoms with Gasteiger partial charge in [0.05, 0.1) is 28.8 Å². The van der Waals surface area contributed by atoms with Crippen LogP contribution in [0.4, 0.5) is 0 Å². The standard InChI is InChI=1S/3C34H22/c3*1-2-11-25(12-3-1)33-28-14-6-8-16-30(28)34(31-17-9-7-15-29(31)33)26-21-20-24-19-18-23-10-4-5-13-27(23)32(24)22-26/h3*1-22H/i1D,2D,3D,6D,8D,11D,12D,14D,16D;4D,5D,6D,8D,10D,13D,14D,16D;4D,5D,10D,13D. The fraction of sp³-hybridized carbons (Fsp3) is 0. The first-order valence-electron chi connectivity index (χ1n) is 44.2. The van der Waals surface area contributed by atoms with Gasteiger partial charge >= 0.3 is 0 Å². The Balaban J connectivity index is 0.000000121. The summed E-state index contributed by atoms with van der Waals surface area (Å²) in [6.07, 6.45) is 0. The molecule has 102 heavy (non-hydrogen) atoms. The molecule has 0 N–H and O–H groups in total. The van der Waals surface area contributed by atoms with Crippen LogP contribution in [0.2, 0.25) is 0 Å². The molecule has 0 radical (unpaired) electrons. The van der Waals surface area contributed by atoms with E-state index in [1.54, 1.807) is 24.3 Å². The van der Waals surface area contributed by atoms with Crippen molar-refractivity contribution >= 4 is 129 Å². The first kappa shape index (κ1) is 41.9. The van der Waals surface area contributed by atoms with Crippen molar-refractivity contribution in [3.8, 4) is 66.8 Å². The minimum Gasteiger partial charge on any atom is -0.0622 e. The van der Waals surface area contributed by atoms with Crippen molar-refractivity contribution in [1.82, 2.24) is 0 Å². The van der Waals surface area contributed by atoms with E-state index in [0.29, 0.717) is 65.2 Å². The van der Waals surface area contributed by atoms with E-state index in [9.17, 15) is 0 Å². The molecule has 0 aromatic heterocycles. The van der Waals surface area contributed by atoms with Crippen LogP contribution in [0, 0.1) is 0 Å². The fourth-order valence-electron chi connectivity index (χ4n) is 15.2. The Morgan fingerprint density at radius 2 is 0.363 bits per heavy atom. The Hall–Kier alpha value is -13.3. The van der Waals surface area contributed by atoms with Gasteiger partial charge in [-0.25, -0.2) is 0 Å². The first-order chi connectivity index (χ1) is 59.4. The Labute approximate surface area is 622 Å². The highest BCUT2D eigenvalue weighted by Gasteiger charge is 2.21. The molecule has 0 saturated heterocycles. The maximum absolute atomic E-state index is 9.08. The van der Waals surface area contributed by atoms with E-state index in [-0.39, 0.29) is 106 Å². The van der Waals surface area contributed by atoms with Crippen LogP contribution in [-0.2, 0) is 0 Å². The highest BCUT2D eigenvalue weighted by atomic mass is 14.2. The Morgan fingerprint density at radius 1 is 0.127 bits per heavy atom. The van der Waals surface area contributed by atoms with Crippen LogP contribution < -0.4 is 0 Å². The second-order valence-corrected chi connectivity index (χ2v) is 25.2. The van der Waals surface area contributed by atoms with Gasteiger partial charge in [-0.15, -0.1) is 0 Å². The summed E-state index contributed by atoms with van der Waals surface area (Å²) in [6, 6.07) is 83.4. The molecule has 0 saturated carbocycles. The predicted molar refractivity (Wildman–Crippen MR) is 442 cm³/mol. The van der Waals surface area contributed by atoms with Crippen LogP contribution in [0.3, 0.4) is 0 Å². The van der Waals surface area contributed by atoms with Crippen molar-refractivity contribution < 1.29 is 28.8 Å². The summed E-state index contributed by atoms with van der Waals surface area (Å²) < 4.78 is 180. The Morgan fingerprint density at radius 3 is 0.735 bits per heavy atom. The zero-order chi connectivity index (χ0) is 85.7. The molecular weight excluding hydrogens is 1230 g/mol. The van der Waals surface area contributed by atoms with E-state index in [1.165, 1.54) is 21.9 Å². The van der Waals surface area contributed by atoms with Crippen molar-refractivity contribution in [1.29, 1.82) is 0 Å². The summed E-state index contributed by atoms with van der Waals surface area (Å²) in [6.45, 7) is 0. The van der Waals surface area contributed by atoms with Gasteiger partial charge in [-0.2, -0.15) is 0 Å². The van der Waals surface area contributed by atoms with Crippen molar-refractivity contribution in [3.63, 3.8) is 0 Å². The Bertz CT molecular complexity index is 8110.